The Morgan fingerprint density at radius 3 is 3.11 bits per heavy atom. The summed E-state index contributed by atoms with van der Waals surface area (Å²) in [6.45, 7) is 5.35. The van der Waals surface area contributed by atoms with Crippen LogP contribution in [0.5, 0.6) is 5.75 Å². The Labute approximate surface area is 114 Å². The molecular weight excluding hydrogens is 240 g/mol. The topological polar surface area (TPSA) is 47.7 Å². The number of rotatable bonds is 2. The van der Waals surface area contributed by atoms with Crippen molar-refractivity contribution < 1.29 is 9.47 Å². The molecule has 3 rings (SSSR count). The van der Waals surface area contributed by atoms with Gasteiger partial charge in [-0.15, -0.1) is 0 Å². The maximum atomic E-state index is 5.99. The highest BCUT2D eigenvalue weighted by atomic mass is 16.7. The van der Waals surface area contributed by atoms with Crippen LogP contribution in [0.15, 0.2) is 12.1 Å². The molecule has 1 unspecified atom stereocenters. The predicted octanol–water partition coefficient (Wildman–Crippen LogP) is 2.51. The number of anilines is 1. The summed E-state index contributed by atoms with van der Waals surface area (Å²) < 4.78 is 11.0. The van der Waals surface area contributed by atoms with E-state index in [1.807, 2.05) is 12.1 Å². The molecule has 0 amide bonds. The van der Waals surface area contributed by atoms with Crippen LogP contribution in [-0.4, -0.2) is 24.3 Å². The number of ether oxygens (including phenoxy) is 2. The molecule has 2 heterocycles. The van der Waals surface area contributed by atoms with E-state index < -0.39 is 0 Å². The molecule has 0 aliphatic carbocycles. The molecule has 1 atom stereocenters. The summed E-state index contributed by atoms with van der Waals surface area (Å²) >= 11 is 0. The van der Waals surface area contributed by atoms with Crippen LogP contribution in [0, 0.1) is 0 Å². The van der Waals surface area contributed by atoms with Gasteiger partial charge in [0, 0.05) is 29.4 Å². The van der Waals surface area contributed by atoms with Crippen molar-refractivity contribution in [2.75, 3.05) is 19.1 Å². The number of nitrogen functional groups attached to an aromatic ring is 1. The van der Waals surface area contributed by atoms with Gasteiger partial charge in [0.1, 0.15) is 5.75 Å². The lowest BCUT2D eigenvalue weighted by Gasteiger charge is -2.34. The predicted molar refractivity (Wildman–Crippen MR) is 74.9 cm³/mol. The monoisotopic (exact) mass is 262 g/mol. The summed E-state index contributed by atoms with van der Waals surface area (Å²) in [5.41, 5.74) is 9.07. The van der Waals surface area contributed by atoms with Crippen LogP contribution in [0.3, 0.4) is 0 Å². The second-order valence-corrected chi connectivity index (χ2v) is 5.59. The van der Waals surface area contributed by atoms with E-state index in [4.69, 9.17) is 15.2 Å². The molecule has 2 N–H and O–H groups in total. The van der Waals surface area contributed by atoms with E-state index in [2.05, 4.69) is 11.8 Å². The summed E-state index contributed by atoms with van der Waals surface area (Å²) in [5.74, 6) is 0.984. The number of likely N-dealkylation sites (tertiary alicyclic amines) is 1. The Balaban J connectivity index is 1.85. The van der Waals surface area contributed by atoms with Crippen LogP contribution in [0.4, 0.5) is 5.69 Å². The van der Waals surface area contributed by atoms with Gasteiger partial charge in [0.15, 0.2) is 6.79 Å². The van der Waals surface area contributed by atoms with Crippen LogP contribution >= 0.6 is 0 Å². The van der Waals surface area contributed by atoms with Crippen molar-refractivity contribution in [2.45, 2.75) is 45.4 Å². The van der Waals surface area contributed by atoms with Crippen molar-refractivity contribution in [1.82, 2.24) is 4.90 Å². The van der Waals surface area contributed by atoms with Crippen molar-refractivity contribution in [3.63, 3.8) is 0 Å². The first-order valence-corrected chi connectivity index (χ1v) is 7.10. The fourth-order valence-electron chi connectivity index (χ4n) is 3.05. The normalized spacial score (nSPS) is 23.7. The van der Waals surface area contributed by atoms with Gasteiger partial charge in [-0.1, -0.05) is 6.42 Å². The van der Waals surface area contributed by atoms with Gasteiger partial charge in [0.2, 0.25) is 0 Å². The molecule has 0 aromatic heterocycles. The third-order valence-corrected chi connectivity index (χ3v) is 4.12. The zero-order chi connectivity index (χ0) is 13.2. The number of benzene rings is 1. The van der Waals surface area contributed by atoms with E-state index in [1.165, 1.54) is 31.4 Å². The Morgan fingerprint density at radius 1 is 1.37 bits per heavy atom. The Bertz CT molecular complexity index is 462. The first kappa shape index (κ1) is 12.8. The number of nitrogens with zero attached hydrogens (tertiary/aromatic N) is 1. The van der Waals surface area contributed by atoms with Crippen molar-refractivity contribution in [1.29, 1.82) is 0 Å². The minimum Gasteiger partial charge on any atom is -0.467 e. The summed E-state index contributed by atoms with van der Waals surface area (Å²) in [6, 6.07) is 4.65. The largest absolute Gasteiger partial charge is 0.467 e. The quantitative estimate of drug-likeness (QED) is 0.832. The highest BCUT2D eigenvalue weighted by Crippen LogP contribution is 2.32. The van der Waals surface area contributed by atoms with Crippen LogP contribution in [0.2, 0.25) is 0 Å². The van der Waals surface area contributed by atoms with Crippen molar-refractivity contribution >= 4 is 5.69 Å². The van der Waals surface area contributed by atoms with E-state index in [0.29, 0.717) is 19.4 Å². The lowest BCUT2D eigenvalue weighted by Crippen LogP contribution is -2.37. The van der Waals surface area contributed by atoms with E-state index in [1.54, 1.807) is 0 Å². The Kier molecular flexibility index (Phi) is 3.62. The molecule has 2 aliphatic heterocycles. The average molecular weight is 262 g/mol. The second-order valence-electron chi connectivity index (χ2n) is 5.59. The first-order valence-electron chi connectivity index (χ1n) is 7.10. The molecule has 0 bridgehead atoms. The van der Waals surface area contributed by atoms with E-state index in [9.17, 15) is 0 Å². The van der Waals surface area contributed by atoms with Crippen molar-refractivity contribution in [3.8, 4) is 5.75 Å². The summed E-state index contributed by atoms with van der Waals surface area (Å²) in [6.07, 6.45) is 3.92. The summed E-state index contributed by atoms with van der Waals surface area (Å²) in [7, 11) is 0. The van der Waals surface area contributed by atoms with Gasteiger partial charge in [0.05, 0.1) is 6.61 Å². The van der Waals surface area contributed by atoms with Crippen molar-refractivity contribution in [2.24, 2.45) is 0 Å². The molecule has 0 saturated carbocycles. The fraction of sp³-hybridized carbons (Fsp3) is 0.600. The second kappa shape index (κ2) is 5.39. The maximum absolute atomic E-state index is 5.99. The molecule has 1 aromatic rings. The minimum atomic E-state index is 0.347. The number of piperidine rings is 1. The Morgan fingerprint density at radius 2 is 2.26 bits per heavy atom. The number of hydrogen-bond acceptors (Lipinski definition) is 4. The van der Waals surface area contributed by atoms with Crippen molar-refractivity contribution in [3.05, 3.63) is 23.3 Å². The molecule has 104 valence electrons. The molecule has 19 heavy (non-hydrogen) atoms. The molecule has 1 aromatic carbocycles. The molecule has 0 radical (unpaired) electrons. The molecule has 0 spiro atoms. The fourth-order valence-corrected chi connectivity index (χ4v) is 3.05. The SMILES string of the molecule is CC1CCCCN1Cc1cc(N)cc2c1OCOC2. The average Bonchev–Trinajstić information content (AvgIpc) is 2.41. The molecule has 1 fully saturated rings. The highest BCUT2D eigenvalue weighted by Gasteiger charge is 2.22. The number of nitrogens with two attached hydrogens (primary N) is 1. The maximum Gasteiger partial charge on any atom is 0.189 e. The van der Waals surface area contributed by atoms with E-state index in [-0.39, 0.29) is 0 Å². The number of hydrogen-bond donors (Lipinski definition) is 1. The van der Waals surface area contributed by atoms with Crippen LogP contribution < -0.4 is 10.5 Å². The minimum absolute atomic E-state index is 0.347. The zero-order valence-corrected chi connectivity index (χ0v) is 11.5. The van der Waals surface area contributed by atoms with Gasteiger partial charge in [-0.2, -0.15) is 0 Å². The van der Waals surface area contributed by atoms with E-state index >= 15 is 0 Å². The third kappa shape index (κ3) is 2.69. The first-order chi connectivity index (χ1) is 9.24. The molecule has 4 heteroatoms. The van der Waals surface area contributed by atoms with Crippen LogP contribution in [0.1, 0.15) is 37.3 Å². The van der Waals surface area contributed by atoms with Gasteiger partial charge in [-0.25, -0.2) is 0 Å². The van der Waals surface area contributed by atoms with Gasteiger partial charge in [-0.05, 0) is 38.4 Å². The molecule has 4 nitrogen and oxygen atoms in total. The molecule has 2 aliphatic rings. The summed E-state index contributed by atoms with van der Waals surface area (Å²) in [5, 5.41) is 0. The molecular formula is C15H22N2O2. The molecule has 1 saturated heterocycles. The zero-order valence-electron chi connectivity index (χ0n) is 11.5. The lowest BCUT2D eigenvalue weighted by molar-refractivity contribution is -0.0176. The lowest BCUT2D eigenvalue weighted by atomic mass is 10.0. The third-order valence-electron chi connectivity index (χ3n) is 4.12. The Hall–Kier alpha value is -1.26. The van der Waals surface area contributed by atoms with Crippen LogP contribution in [0.25, 0.3) is 0 Å². The van der Waals surface area contributed by atoms with Crippen LogP contribution in [-0.2, 0) is 17.9 Å². The number of fused-ring (bicyclic) bond motifs is 1. The smallest absolute Gasteiger partial charge is 0.189 e. The van der Waals surface area contributed by atoms with Gasteiger partial charge in [0.25, 0.3) is 0 Å². The standard InChI is InChI=1S/C15H22N2O2/c1-11-4-2-3-5-17(11)8-12-6-14(16)7-13-9-18-10-19-15(12)13/h6-7,11H,2-5,8-10,16H2,1H3. The van der Waals surface area contributed by atoms with E-state index in [0.717, 1.165) is 23.5 Å². The van der Waals surface area contributed by atoms with Gasteiger partial charge < -0.3 is 15.2 Å². The van der Waals surface area contributed by atoms with Gasteiger partial charge >= 0.3 is 0 Å². The van der Waals surface area contributed by atoms with Gasteiger partial charge in [-0.3, -0.25) is 4.90 Å². The highest BCUT2D eigenvalue weighted by molar-refractivity contribution is 5.53. The summed E-state index contributed by atoms with van der Waals surface area (Å²) in [4.78, 5) is 2.53.